The molecule has 0 aliphatic rings. The van der Waals surface area contributed by atoms with Crippen LogP contribution in [-0.4, -0.2) is 30.4 Å². The molecular weight excluding hydrogens is 370 g/mol. The van der Waals surface area contributed by atoms with Crippen LogP contribution in [-0.2, 0) is 11.3 Å². The quantitative estimate of drug-likeness (QED) is 0.530. The lowest BCUT2D eigenvalue weighted by Gasteiger charge is -2.30. The van der Waals surface area contributed by atoms with Gasteiger partial charge in [0.25, 0.3) is 0 Å². The molecule has 0 bridgehead atoms. The van der Waals surface area contributed by atoms with Gasteiger partial charge < -0.3 is 4.90 Å². The minimum atomic E-state index is -0.326. The number of amides is 1. The third kappa shape index (κ3) is 5.14. The van der Waals surface area contributed by atoms with Gasteiger partial charge in [0.15, 0.2) is 0 Å². The molecule has 0 saturated carbocycles. The van der Waals surface area contributed by atoms with Gasteiger partial charge in [0.2, 0.25) is 5.91 Å². The number of benzene rings is 3. The average molecular weight is 398 g/mol. The highest BCUT2D eigenvalue weighted by Crippen LogP contribution is 2.25. The third-order valence-electron chi connectivity index (χ3n) is 5.32. The molecule has 0 aromatic heterocycles. The SMILES string of the molecule is CC(C(=O)N(CCC#N)c1ccccc1)N(C)Cc1ccccc1-c1ccccc1. The summed E-state index contributed by atoms with van der Waals surface area (Å²) in [4.78, 5) is 17.1. The van der Waals surface area contributed by atoms with Crippen LogP contribution < -0.4 is 4.90 Å². The van der Waals surface area contributed by atoms with Crippen LogP contribution >= 0.6 is 0 Å². The van der Waals surface area contributed by atoms with E-state index >= 15 is 0 Å². The molecule has 0 radical (unpaired) electrons. The Morgan fingerprint density at radius 3 is 2.20 bits per heavy atom. The molecule has 152 valence electrons. The highest BCUT2D eigenvalue weighted by Gasteiger charge is 2.25. The molecule has 1 unspecified atom stereocenters. The summed E-state index contributed by atoms with van der Waals surface area (Å²) in [5, 5.41) is 9.03. The minimum Gasteiger partial charge on any atom is -0.310 e. The molecule has 4 heteroatoms. The van der Waals surface area contributed by atoms with Gasteiger partial charge in [-0.25, -0.2) is 0 Å². The van der Waals surface area contributed by atoms with Crippen molar-refractivity contribution in [3.8, 4) is 17.2 Å². The number of nitrogens with zero attached hydrogens (tertiary/aromatic N) is 3. The molecule has 0 saturated heterocycles. The topological polar surface area (TPSA) is 47.3 Å². The molecule has 3 aromatic rings. The molecule has 30 heavy (non-hydrogen) atoms. The Labute approximate surface area is 179 Å². The van der Waals surface area contributed by atoms with Gasteiger partial charge in [0.1, 0.15) is 0 Å². The van der Waals surface area contributed by atoms with Crippen LogP contribution in [0.1, 0.15) is 18.9 Å². The standard InChI is InChI=1S/C26H27N3O/c1-21(26(30)29(19-11-18-27)24-15-7-4-8-16-24)28(2)20-23-14-9-10-17-25(23)22-12-5-3-6-13-22/h3-10,12-17,21H,11,19-20H2,1-2H3. The fraction of sp³-hybridized carbons (Fsp3) is 0.231. The van der Waals surface area contributed by atoms with Crippen molar-refractivity contribution < 1.29 is 4.79 Å². The molecule has 0 N–H and O–H groups in total. The van der Waals surface area contributed by atoms with E-state index in [1.54, 1.807) is 4.90 Å². The van der Waals surface area contributed by atoms with E-state index in [-0.39, 0.29) is 11.9 Å². The summed E-state index contributed by atoms with van der Waals surface area (Å²) in [5.74, 6) is -0.00357. The second kappa shape index (κ2) is 10.4. The van der Waals surface area contributed by atoms with Crippen LogP contribution in [0.25, 0.3) is 11.1 Å². The Kier molecular flexibility index (Phi) is 7.37. The molecule has 1 amide bonds. The van der Waals surface area contributed by atoms with E-state index in [9.17, 15) is 4.79 Å². The minimum absolute atomic E-state index is 0.00357. The largest absolute Gasteiger partial charge is 0.310 e. The van der Waals surface area contributed by atoms with Crippen molar-refractivity contribution in [3.63, 3.8) is 0 Å². The van der Waals surface area contributed by atoms with E-state index in [1.807, 2.05) is 74.6 Å². The molecule has 0 aliphatic heterocycles. The van der Waals surface area contributed by atoms with Gasteiger partial charge in [-0.3, -0.25) is 9.69 Å². The molecule has 3 rings (SSSR count). The third-order valence-corrected chi connectivity index (χ3v) is 5.32. The Morgan fingerprint density at radius 2 is 1.53 bits per heavy atom. The Morgan fingerprint density at radius 1 is 0.933 bits per heavy atom. The molecule has 0 fully saturated rings. The number of carbonyl (C=O) groups is 1. The van der Waals surface area contributed by atoms with Gasteiger partial charge in [0.05, 0.1) is 18.5 Å². The van der Waals surface area contributed by atoms with Gasteiger partial charge in [-0.05, 0) is 42.8 Å². The highest BCUT2D eigenvalue weighted by molar-refractivity contribution is 5.97. The summed E-state index contributed by atoms with van der Waals surface area (Å²) in [5.41, 5.74) is 4.34. The van der Waals surface area contributed by atoms with Crippen LogP contribution in [0.15, 0.2) is 84.9 Å². The van der Waals surface area contributed by atoms with Gasteiger partial charge >= 0.3 is 0 Å². The molecule has 4 nitrogen and oxygen atoms in total. The lowest BCUT2D eigenvalue weighted by atomic mass is 9.99. The van der Waals surface area contributed by atoms with Crippen LogP contribution in [0, 0.1) is 11.3 Å². The van der Waals surface area contributed by atoms with Crippen LogP contribution in [0.2, 0.25) is 0 Å². The number of hydrogen-bond acceptors (Lipinski definition) is 3. The molecule has 3 aromatic carbocycles. The molecule has 1 atom stereocenters. The van der Waals surface area contributed by atoms with Gasteiger partial charge in [-0.15, -0.1) is 0 Å². The van der Waals surface area contributed by atoms with Crippen LogP contribution in [0.4, 0.5) is 5.69 Å². The molecular formula is C26H27N3O. The summed E-state index contributed by atoms with van der Waals surface area (Å²) in [6.45, 7) is 2.97. The van der Waals surface area contributed by atoms with Gasteiger partial charge in [0, 0.05) is 18.8 Å². The second-order valence-electron chi connectivity index (χ2n) is 7.35. The maximum absolute atomic E-state index is 13.3. The van der Waals surface area contributed by atoms with Gasteiger partial charge in [-0.1, -0.05) is 72.8 Å². The average Bonchev–Trinajstić information content (AvgIpc) is 2.80. The van der Waals surface area contributed by atoms with Gasteiger partial charge in [-0.2, -0.15) is 5.26 Å². The fourth-order valence-electron chi connectivity index (χ4n) is 3.51. The summed E-state index contributed by atoms with van der Waals surface area (Å²) in [6.07, 6.45) is 0.300. The molecule has 0 spiro atoms. The normalized spacial score (nSPS) is 11.7. The number of para-hydroxylation sites is 1. The van der Waals surface area contributed by atoms with Crippen molar-refractivity contribution in [3.05, 3.63) is 90.5 Å². The first-order chi connectivity index (χ1) is 14.6. The first-order valence-electron chi connectivity index (χ1n) is 10.2. The Bertz CT molecular complexity index is 996. The van der Waals surface area contributed by atoms with Crippen molar-refractivity contribution in [2.24, 2.45) is 0 Å². The maximum Gasteiger partial charge on any atom is 0.244 e. The molecule has 0 heterocycles. The summed E-state index contributed by atoms with van der Waals surface area (Å²) >= 11 is 0. The lowest BCUT2D eigenvalue weighted by molar-refractivity contribution is -0.123. The number of anilines is 1. The highest BCUT2D eigenvalue weighted by atomic mass is 16.2. The van der Waals surface area contributed by atoms with E-state index in [1.165, 1.54) is 16.7 Å². The van der Waals surface area contributed by atoms with E-state index in [2.05, 4.69) is 35.2 Å². The zero-order valence-electron chi connectivity index (χ0n) is 17.5. The summed E-state index contributed by atoms with van der Waals surface area (Å²) < 4.78 is 0. The first-order valence-corrected chi connectivity index (χ1v) is 10.2. The zero-order valence-corrected chi connectivity index (χ0v) is 17.5. The summed E-state index contributed by atoms with van der Waals surface area (Å²) in [7, 11) is 1.97. The van der Waals surface area contributed by atoms with E-state index in [0.29, 0.717) is 19.5 Å². The number of likely N-dealkylation sites (N-methyl/N-ethyl adjacent to an activating group) is 1. The van der Waals surface area contributed by atoms with Crippen LogP contribution in [0.5, 0.6) is 0 Å². The fourth-order valence-corrected chi connectivity index (χ4v) is 3.51. The van der Waals surface area contributed by atoms with E-state index in [0.717, 1.165) is 5.69 Å². The number of rotatable bonds is 8. The van der Waals surface area contributed by atoms with Crippen molar-refractivity contribution in [1.29, 1.82) is 5.26 Å². The smallest absolute Gasteiger partial charge is 0.244 e. The zero-order chi connectivity index (χ0) is 21.3. The van der Waals surface area contributed by atoms with Crippen LogP contribution in [0.3, 0.4) is 0 Å². The number of nitriles is 1. The summed E-state index contributed by atoms with van der Waals surface area (Å²) in [6, 6.07) is 30.0. The van der Waals surface area contributed by atoms with Crippen molar-refractivity contribution in [2.45, 2.75) is 25.9 Å². The number of hydrogen-bond donors (Lipinski definition) is 0. The Balaban J connectivity index is 1.79. The Hall–Kier alpha value is -3.42. The van der Waals surface area contributed by atoms with Crippen molar-refractivity contribution >= 4 is 11.6 Å². The van der Waals surface area contributed by atoms with E-state index < -0.39 is 0 Å². The maximum atomic E-state index is 13.3. The van der Waals surface area contributed by atoms with E-state index in [4.69, 9.17) is 5.26 Å². The second-order valence-corrected chi connectivity index (χ2v) is 7.35. The van der Waals surface area contributed by atoms with Crippen molar-refractivity contribution in [1.82, 2.24) is 4.90 Å². The predicted octanol–water partition coefficient (Wildman–Crippen LogP) is 5.12. The lowest BCUT2D eigenvalue weighted by Crippen LogP contribution is -2.46. The predicted molar refractivity (Wildman–Crippen MR) is 122 cm³/mol. The first kappa shape index (κ1) is 21.3. The monoisotopic (exact) mass is 397 g/mol. The number of carbonyl (C=O) groups excluding carboxylic acids is 1. The molecule has 0 aliphatic carbocycles. The van der Waals surface area contributed by atoms with Crippen molar-refractivity contribution in [2.75, 3.05) is 18.5 Å².